The smallest absolute Gasteiger partial charge is 0.262 e. The largest absolute Gasteiger partial charge is 0.490 e. The molecule has 0 unspecified atom stereocenters. The van der Waals surface area contributed by atoms with E-state index in [1.165, 1.54) is 4.90 Å². The number of benzene rings is 2. The summed E-state index contributed by atoms with van der Waals surface area (Å²) in [4.78, 5) is 35.4. The van der Waals surface area contributed by atoms with E-state index in [2.05, 4.69) is 9.97 Å². The maximum absolute atomic E-state index is 13.3. The first-order valence-electron chi connectivity index (χ1n) is 9.90. The molecule has 0 radical (unpaired) electrons. The average molecular weight is 405 g/mol. The van der Waals surface area contributed by atoms with Gasteiger partial charge in [-0.05, 0) is 50.6 Å². The quantitative estimate of drug-likeness (QED) is 0.605. The number of amides is 2. The second kappa shape index (κ2) is 7.67. The number of fused-ring (bicyclic) bond motifs is 1. The zero-order valence-electron chi connectivity index (χ0n) is 17.1. The lowest BCUT2D eigenvalue weighted by molar-refractivity contribution is 0.0494. The molecule has 1 aliphatic rings. The number of nitrogens with one attached hydrogen (secondary N) is 1. The summed E-state index contributed by atoms with van der Waals surface area (Å²) < 4.78 is 11.4. The number of aromatic amines is 1. The predicted octanol–water partition coefficient (Wildman–Crippen LogP) is 3.77. The van der Waals surface area contributed by atoms with Crippen LogP contribution in [0.15, 0.2) is 54.9 Å². The minimum atomic E-state index is -1.17. The Labute approximate surface area is 174 Å². The molecule has 7 heteroatoms. The van der Waals surface area contributed by atoms with Gasteiger partial charge in [-0.3, -0.25) is 14.5 Å². The van der Waals surface area contributed by atoms with Crippen molar-refractivity contribution in [3.05, 3.63) is 77.4 Å². The van der Waals surface area contributed by atoms with E-state index in [0.29, 0.717) is 47.2 Å². The number of H-pyrrole nitrogens is 1. The van der Waals surface area contributed by atoms with Gasteiger partial charge in [0.05, 0.1) is 24.3 Å². The molecule has 1 atom stereocenters. The third-order valence-corrected chi connectivity index (χ3v) is 5.31. The van der Waals surface area contributed by atoms with Crippen LogP contribution in [0.1, 0.15) is 52.9 Å². The third kappa shape index (κ3) is 2.94. The van der Waals surface area contributed by atoms with Crippen molar-refractivity contribution in [3.63, 3.8) is 0 Å². The highest BCUT2D eigenvalue weighted by Gasteiger charge is 2.50. The molecule has 1 aliphatic heterocycles. The van der Waals surface area contributed by atoms with E-state index in [1.54, 1.807) is 55.7 Å². The lowest BCUT2D eigenvalue weighted by Gasteiger charge is -2.36. The summed E-state index contributed by atoms with van der Waals surface area (Å²) in [6.07, 6.45) is 3.27. The number of rotatable bonds is 7. The van der Waals surface area contributed by atoms with Gasteiger partial charge in [0.1, 0.15) is 11.4 Å². The number of hydrogen-bond donors (Lipinski definition) is 1. The first-order chi connectivity index (χ1) is 14.5. The number of aromatic nitrogens is 2. The van der Waals surface area contributed by atoms with Gasteiger partial charge in [-0.2, -0.15) is 0 Å². The van der Waals surface area contributed by atoms with Crippen molar-refractivity contribution in [1.29, 1.82) is 0 Å². The Hall–Kier alpha value is -3.61. The molecule has 154 valence electrons. The molecule has 0 saturated carbocycles. The van der Waals surface area contributed by atoms with Crippen molar-refractivity contribution in [2.24, 2.45) is 0 Å². The van der Waals surface area contributed by atoms with Gasteiger partial charge < -0.3 is 14.5 Å². The van der Waals surface area contributed by atoms with Crippen molar-refractivity contribution in [2.45, 2.75) is 26.3 Å². The first-order valence-corrected chi connectivity index (χ1v) is 9.90. The van der Waals surface area contributed by atoms with E-state index in [0.717, 1.165) is 0 Å². The Morgan fingerprint density at radius 2 is 1.60 bits per heavy atom. The van der Waals surface area contributed by atoms with Crippen LogP contribution in [0.2, 0.25) is 0 Å². The third-order valence-electron chi connectivity index (χ3n) is 5.31. The first kappa shape index (κ1) is 19.7. The van der Waals surface area contributed by atoms with E-state index in [1.807, 2.05) is 19.9 Å². The molecule has 2 heterocycles. The molecule has 1 aromatic heterocycles. The number of ether oxygens (including phenoxy) is 2. The van der Waals surface area contributed by atoms with Gasteiger partial charge in [-0.15, -0.1) is 0 Å². The minimum absolute atomic E-state index is 0.360. The highest BCUT2D eigenvalue weighted by molar-refractivity contribution is 6.22. The second-order valence-electron chi connectivity index (χ2n) is 7.03. The monoisotopic (exact) mass is 405 g/mol. The van der Waals surface area contributed by atoms with Crippen LogP contribution in [0.25, 0.3) is 0 Å². The summed E-state index contributed by atoms with van der Waals surface area (Å²) >= 11 is 0. The van der Waals surface area contributed by atoms with Crippen molar-refractivity contribution in [1.82, 2.24) is 14.9 Å². The summed E-state index contributed by atoms with van der Waals surface area (Å²) in [5.41, 5.74) is 0.277. The number of imidazole rings is 1. The predicted molar refractivity (Wildman–Crippen MR) is 111 cm³/mol. The molecule has 2 aromatic carbocycles. The van der Waals surface area contributed by atoms with Gasteiger partial charge in [0, 0.05) is 12.4 Å². The van der Waals surface area contributed by atoms with E-state index < -0.39 is 5.54 Å². The van der Waals surface area contributed by atoms with Gasteiger partial charge in [0.2, 0.25) is 0 Å². The van der Waals surface area contributed by atoms with Gasteiger partial charge in [-0.1, -0.05) is 18.2 Å². The fourth-order valence-electron chi connectivity index (χ4n) is 3.85. The molecule has 0 fully saturated rings. The molecule has 3 aromatic rings. The summed E-state index contributed by atoms with van der Waals surface area (Å²) in [7, 11) is 0. The summed E-state index contributed by atoms with van der Waals surface area (Å²) in [5.74, 6) is 0.907. The highest BCUT2D eigenvalue weighted by Crippen LogP contribution is 2.42. The van der Waals surface area contributed by atoms with Crippen LogP contribution in [0.3, 0.4) is 0 Å². The molecule has 2 amide bonds. The Balaban J connectivity index is 1.89. The second-order valence-corrected chi connectivity index (χ2v) is 7.03. The van der Waals surface area contributed by atoms with Crippen LogP contribution in [0, 0.1) is 0 Å². The fraction of sp³-hybridized carbons (Fsp3) is 0.261. The van der Waals surface area contributed by atoms with Crippen LogP contribution in [0.4, 0.5) is 0 Å². The van der Waals surface area contributed by atoms with Crippen LogP contribution < -0.4 is 9.47 Å². The zero-order chi connectivity index (χ0) is 21.3. The standard InChI is InChI=1S/C23H23N3O4/c1-4-29-18-11-10-15(14-19(18)30-5-2)23(3,22-24-12-13-25-22)26-20(27)16-8-6-7-9-17(16)21(26)28/h6-14H,4-5H2,1-3H3,(H,24,25)/t23-/m0/s1. The average Bonchev–Trinajstić information content (AvgIpc) is 3.38. The van der Waals surface area contributed by atoms with Crippen molar-refractivity contribution in [3.8, 4) is 11.5 Å². The highest BCUT2D eigenvalue weighted by atomic mass is 16.5. The van der Waals surface area contributed by atoms with Crippen LogP contribution in [-0.4, -0.2) is 39.9 Å². The molecule has 4 rings (SSSR count). The van der Waals surface area contributed by atoms with Crippen molar-refractivity contribution >= 4 is 11.8 Å². The number of carbonyl (C=O) groups is 2. The van der Waals surface area contributed by atoms with Gasteiger partial charge in [0.25, 0.3) is 11.8 Å². The summed E-state index contributed by atoms with van der Waals surface area (Å²) in [6, 6.07) is 12.3. The maximum atomic E-state index is 13.3. The van der Waals surface area contributed by atoms with E-state index in [9.17, 15) is 9.59 Å². The zero-order valence-corrected chi connectivity index (χ0v) is 17.1. The van der Waals surface area contributed by atoms with Crippen LogP contribution in [0.5, 0.6) is 11.5 Å². The number of nitrogens with zero attached hydrogens (tertiary/aromatic N) is 2. The minimum Gasteiger partial charge on any atom is -0.490 e. The Bertz CT molecular complexity index is 1060. The Morgan fingerprint density at radius 1 is 0.967 bits per heavy atom. The van der Waals surface area contributed by atoms with Crippen molar-refractivity contribution in [2.75, 3.05) is 13.2 Å². The topological polar surface area (TPSA) is 84.5 Å². The molecule has 0 spiro atoms. The Morgan fingerprint density at radius 3 is 2.17 bits per heavy atom. The van der Waals surface area contributed by atoms with E-state index >= 15 is 0 Å². The maximum Gasteiger partial charge on any atom is 0.262 e. The Kier molecular flexibility index (Phi) is 5.03. The number of carbonyl (C=O) groups excluding carboxylic acids is 2. The molecule has 0 bridgehead atoms. The van der Waals surface area contributed by atoms with Gasteiger partial charge >= 0.3 is 0 Å². The molecular formula is C23H23N3O4. The molecule has 0 aliphatic carbocycles. The van der Waals surface area contributed by atoms with Gasteiger partial charge in [-0.25, -0.2) is 4.98 Å². The molecule has 0 saturated heterocycles. The van der Waals surface area contributed by atoms with Crippen molar-refractivity contribution < 1.29 is 19.1 Å². The SMILES string of the molecule is CCOc1ccc([C@@](C)(c2ncc[nH]2)N2C(=O)c3ccccc3C2=O)cc1OCC. The van der Waals surface area contributed by atoms with Crippen LogP contribution in [-0.2, 0) is 5.54 Å². The number of hydrogen-bond acceptors (Lipinski definition) is 5. The molecule has 7 nitrogen and oxygen atoms in total. The van der Waals surface area contributed by atoms with Crippen LogP contribution >= 0.6 is 0 Å². The lowest BCUT2D eigenvalue weighted by atomic mass is 9.88. The van der Waals surface area contributed by atoms with E-state index in [-0.39, 0.29) is 11.8 Å². The molecule has 1 N–H and O–H groups in total. The van der Waals surface area contributed by atoms with E-state index in [4.69, 9.17) is 9.47 Å². The number of imide groups is 1. The fourth-order valence-corrected chi connectivity index (χ4v) is 3.85. The molecular weight excluding hydrogens is 382 g/mol. The lowest BCUT2D eigenvalue weighted by Crippen LogP contribution is -2.49. The summed E-state index contributed by atoms with van der Waals surface area (Å²) in [5, 5.41) is 0. The summed E-state index contributed by atoms with van der Waals surface area (Å²) in [6.45, 7) is 6.54. The molecule has 30 heavy (non-hydrogen) atoms. The normalized spacial score (nSPS) is 15.1. The van der Waals surface area contributed by atoms with Gasteiger partial charge in [0.15, 0.2) is 11.5 Å².